The topological polar surface area (TPSA) is 46.9 Å². The second-order valence-electron chi connectivity index (χ2n) is 6.73. The molecule has 0 saturated heterocycles. The fraction of sp³-hybridized carbons (Fsp3) is 0.444. The number of benzene rings is 1. The van der Waals surface area contributed by atoms with Crippen molar-refractivity contribution in [3.63, 3.8) is 0 Å². The van der Waals surface area contributed by atoms with Gasteiger partial charge in [0, 0.05) is 12.0 Å². The molecule has 3 atom stereocenters. The summed E-state index contributed by atoms with van der Waals surface area (Å²) >= 11 is 0. The summed E-state index contributed by atoms with van der Waals surface area (Å²) in [7, 11) is 0. The minimum atomic E-state index is -0.242. The van der Waals surface area contributed by atoms with Gasteiger partial charge in [0.25, 0.3) is 0 Å². The predicted molar refractivity (Wildman–Crippen MR) is 85.5 cm³/mol. The molecular weight excluding hydrogens is 293 g/mol. The van der Waals surface area contributed by atoms with Gasteiger partial charge in [-0.25, -0.2) is 9.07 Å². The number of aromatic nitrogens is 2. The van der Waals surface area contributed by atoms with E-state index in [1.54, 1.807) is 18.3 Å². The fourth-order valence-corrected chi connectivity index (χ4v) is 3.30. The lowest BCUT2D eigenvalue weighted by atomic mass is 10.1. The zero-order valence-electron chi connectivity index (χ0n) is 13.1. The zero-order chi connectivity index (χ0) is 16.0. The van der Waals surface area contributed by atoms with Gasteiger partial charge in [0.15, 0.2) is 0 Å². The van der Waals surface area contributed by atoms with Gasteiger partial charge >= 0.3 is 0 Å². The first kappa shape index (κ1) is 14.4. The first-order valence-electron chi connectivity index (χ1n) is 8.23. The van der Waals surface area contributed by atoms with Gasteiger partial charge in [-0.15, -0.1) is 0 Å². The molecule has 1 N–H and O–H groups in total. The molecule has 2 fully saturated rings. The van der Waals surface area contributed by atoms with Crippen LogP contribution in [0.1, 0.15) is 43.7 Å². The van der Waals surface area contributed by atoms with E-state index in [0.717, 1.165) is 17.8 Å². The Morgan fingerprint density at radius 3 is 2.74 bits per heavy atom. The predicted octanol–water partition coefficient (Wildman–Crippen LogP) is 3.74. The molecule has 4 rings (SSSR count). The highest BCUT2D eigenvalue weighted by molar-refractivity contribution is 5.94. The third-order valence-corrected chi connectivity index (χ3v) is 5.04. The monoisotopic (exact) mass is 313 g/mol. The van der Waals surface area contributed by atoms with E-state index in [4.69, 9.17) is 0 Å². The van der Waals surface area contributed by atoms with Gasteiger partial charge in [-0.2, -0.15) is 5.10 Å². The number of amides is 1. The largest absolute Gasteiger partial charge is 0.311 e. The summed E-state index contributed by atoms with van der Waals surface area (Å²) in [6.45, 7) is 2.15. The fourth-order valence-electron chi connectivity index (χ4n) is 3.30. The van der Waals surface area contributed by atoms with Crippen LogP contribution < -0.4 is 5.32 Å². The van der Waals surface area contributed by atoms with E-state index in [1.807, 2.05) is 10.7 Å². The smallest absolute Gasteiger partial charge is 0.229 e. The van der Waals surface area contributed by atoms with Crippen molar-refractivity contribution in [2.24, 2.45) is 11.8 Å². The number of hydrogen-bond donors (Lipinski definition) is 1. The highest BCUT2D eigenvalue weighted by atomic mass is 19.1. The van der Waals surface area contributed by atoms with E-state index < -0.39 is 0 Å². The Morgan fingerprint density at radius 2 is 2.04 bits per heavy atom. The van der Waals surface area contributed by atoms with Crippen LogP contribution in [0.3, 0.4) is 0 Å². The summed E-state index contributed by atoms with van der Waals surface area (Å²) in [5.74, 6) is 1.42. The number of nitrogens with zero attached hydrogens (tertiary/aromatic N) is 2. The molecule has 2 saturated carbocycles. The highest BCUT2D eigenvalue weighted by Crippen LogP contribution is 2.48. The van der Waals surface area contributed by atoms with Crippen LogP contribution in [0.4, 0.5) is 10.2 Å². The van der Waals surface area contributed by atoms with E-state index in [9.17, 15) is 9.18 Å². The molecule has 0 radical (unpaired) electrons. The van der Waals surface area contributed by atoms with Crippen molar-refractivity contribution >= 4 is 11.7 Å². The van der Waals surface area contributed by atoms with Gasteiger partial charge in [-0.3, -0.25) is 4.79 Å². The number of nitrogens with one attached hydrogen (secondary N) is 1. The number of hydrogen-bond acceptors (Lipinski definition) is 2. The maximum absolute atomic E-state index is 13.0. The Labute approximate surface area is 134 Å². The quantitative estimate of drug-likeness (QED) is 0.914. The molecule has 5 heteroatoms. The van der Waals surface area contributed by atoms with Gasteiger partial charge in [0.05, 0.1) is 12.2 Å². The molecule has 1 amide bonds. The van der Waals surface area contributed by atoms with Crippen LogP contribution >= 0.6 is 0 Å². The standard InChI is InChI=1S/C18H20FN3O/c1-11(12-2-3-12)22-17(8-9-20-22)21-18(23)16-10-15(16)13-4-6-14(19)7-5-13/h4-9,11-12,15-16H,2-3,10H2,1H3,(H,21,23). The van der Waals surface area contributed by atoms with Gasteiger partial charge in [0.1, 0.15) is 11.6 Å². The minimum Gasteiger partial charge on any atom is -0.311 e. The summed E-state index contributed by atoms with van der Waals surface area (Å²) < 4.78 is 14.9. The van der Waals surface area contributed by atoms with Crippen molar-refractivity contribution in [1.29, 1.82) is 0 Å². The van der Waals surface area contributed by atoms with E-state index in [0.29, 0.717) is 12.0 Å². The Hall–Kier alpha value is -2.17. The van der Waals surface area contributed by atoms with Crippen LogP contribution in [-0.2, 0) is 4.79 Å². The summed E-state index contributed by atoms with van der Waals surface area (Å²) in [4.78, 5) is 12.5. The third kappa shape index (κ3) is 2.87. The molecule has 2 aromatic rings. The van der Waals surface area contributed by atoms with Gasteiger partial charge in [-0.1, -0.05) is 12.1 Å². The molecule has 120 valence electrons. The molecule has 3 unspecified atom stereocenters. The van der Waals surface area contributed by atoms with Crippen LogP contribution in [0.15, 0.2) is 36.5 Å². The van der Waals surface area contributed by atoms with E-state index >= 15 is 0 Å². The minimum absolute atomic E-state index is 0.0277. The molecule has 2 aliphatic rings. The Balaban J connectivity index is 1.41. The molecule has 2 aliphatic carbocycles. The number of halogens is 1. The second-order valence-corrected chi connectivity index (χ2v) is 6.73. The Kier molecular flexibility index (Phi) is 3.43. The molecule has 1 heterocycles. The van der Waals surface area contributed by atoms with Crippen molar-refractivity contribution in [2.45, 2.75) is 38.1 Å². The van der Waals surface area contributed by atoms with Crippen LogP contribution in [0.25, 0.3) is 0 Å². The normalized spacial score (nSPS) is 24.3. The molecule has 0 spiro atoms. The summed E-state index contributed by atoms with van der Waals surface area (Å²) in [5, 5.41) is 7.37. The third-order valence-electron chi connectivity index (χ3n) is 5.04. The zero-order valence-corrected chi connectivity index (χ0v) is 13.1. The Bertz CT molecular complexity index is 720. The lowest BCUT2D eigenvalue weighted by Crippen LogP contribution is -2.20. The van der Waals surface area contributed by atoms with E-state index in [1.165, 1.54) is 25.0 Å². The summed E-state index contributed by atoms with van der Waals surface area (Å²) in [5.41, 5.74) is 1.03. The molecule has 0 aliphatic heterocycles. The number of carbonyl (C=O) groups is 1. The molecular formula is C18H20FN3O. The SMILES string of the molecule is CC(C1CC1)n1nccc1NC(=O)C1CC1c1ccc(F)cc1. The van der Waals surface area contributed by atoms with Crippen molar-refractivity contribution in [1.82, 2.24) is 9.78 Å². The average molecular weight is 313 g/mol. The second kappa shape index (κ2) is 5.48. The molecule has 0 bridgehead atoms. The molecule has 1 aromatic carbocycles. The highest BCUT2D eigenvalue weighted by Gasteiger charge is 2.44. The summed E-state index contributed by atoms with van der Waals surface area (Å²) in [6, 6.07) is 8.63. The Morgan fingerprint density at radius 1 is 1.30 bits per heavy atom. The van der Waals surface area contributed by atoms with Crippen LogP contribution in [-0.4, -0.2) is 15.7 Å². The maximum atomic E-state index is 13.0. The van der Waals surface area contributed by atoms with Crippen molar-refractivity contribution in [3.05, 3.63) is 47.9 Å². The maximum Gasteiger partial charge on any atom is 0.229 e. The molecule has 23 heavy (non-hydrogen) atoms. The van der Waals surface area contributed by atoms with Crippen LogP contribution in [0, 0.1) is 17.7 Å². The lowest BCUT2D eigenvalue weighted by molar-refractivity contribution is -0.117. The number of rotatable bonds is 5. The first-order valence-corrected chi connectivity index (χ1v) is 8.23. The van der Waals surface area contributed by atoms with E-state index in [2.05, 4.69) is 17.3 Å². The molecule has 4 nitrogen and oxygen atoms in total. The van der Waals surface area contributed by atoms with E-state index in [-0.39, 0.29) is 23.6 Å². The number of carbonyl (C=O) groups excluding carboxylic acids is 1. The lowest BCUT2D eigenvalue weighted by Gasteiger charge is -2.15. The molecule has 1 aromatic heterocycles. The van der Waals surface area contributed by atoms with Gasteiger partial charge in [-0.05, 0) is 55.7 Å². The van der Waals surface area contributed by atoms with Crippen LogP contribution in [0.2, 0.25) is 0 Å². The first-order chi connectivity index (χ1) is 11.1. The average Bonchev–Trinajstić information content (AvgIpc) is 3.45. The van der Waals surface area contributed by atoms with Crippen molar-refractivity contribution < 1.29 is 9.18 Å². The van der Waals surface area contributed by atoms with Gasteiger partial charge < -0.3 is 5.32 Å². The van der Waals surface area contributed by atoms with Crippen molar-refractivity contribution in [2.75, 3.05) is 5.32 Å². The van der Waals surface area contributed by atoms with Gasteiger partial charge in [0.2, 0.25) is 5.91 Å². The summed E-state index contributed by atoms with van der Waals surface area (Å²) in [6.07, 6.45) is 5.04. The number of anilines is 1. The van der Waals surface area contributed by atoms with Crippen LogP contribution in [0.5, 0.6) is 0 Å². The van der Waals surface area contributed by atoms with Crippen molar-refractivity contribution in [3.8, 4) is 0 Å².